The van der Waals surface area contributed by atoms with Gasteiger partial charge in [0.1, 0.15) is 5.82 Å². The minimum atomic E-state index is -4.72. The Hall–Kier alpha value is -1.59. The van der Waals surface area contributed by atoms with E-state index >= 15 is 0 Å². The van der Waals surface area contributed by atoms with Gasteiger partial charge in [0.25, 0.3) is 0 Å². The van der Waals surface area contributed by atoms with E-state index in [-0.39, 0.29) is 6.61 Å². The molecule has 0 fully saturated rings. The van der Waals surface area contributed by atoms with E-state index in [0.717, 1.165) is 32.1 Å². The van der Waals surface area contributed by atoms with Gasteiger partial charge in [0.05, 0.1) is 17.7 Å². The van der Waals surface area contributed by atoms with Crippen LogP contribution in [0.5, 0.6) is 0 Å². The summed E-state index contributed by atoms with van der Waals surface area (Å²) < 4.78 is 56.2. The van der Waals surface area contributed by atoms with E-state index in [4.69, 9.17) is 4.74 Å². The van der Waals surface area contributed by atoms with Crippen LogP contribution in [0.2, 0.25) is 0 Å². The smallest absolute Gasteiger partial charge is 0.417 e. The minimum Gasteiger partial charge on any atom is -0.462 e. The molecule has 0 aliphatic rings. The standard InChI is InChI=1S/C16H20F4O2/c1-2-3-4-5-6-7-10-22-15(21)13-11-12(17)8-9-14(13)16(18,19)20/h8-9,11H,2-7,10H2,1H3. The molecule has 0 saturated heterocycles. The Morgan fingerprint density at radius 3 is 2.36 bits per heavy atom. The number of ether oxygens (including phenoxy) is 1. The first kappa shape index (κ1) is 18.5. The van der Waals surface area contributed by atoms with Crippen molar-refractivity contribution in [2.75, 3.05) is 6.61 Å². The summed E-state index contributed by atoms with van der Waals surface area (Å²) in [5, 5.41) is 0. The van der Waals surface area contributed by atoms with Crippen molar-refractivity contribution in [2.24, 2.45) is 0 Å². The van der Waals surface area contributed by atoms with E-state index in [9.17, 15) is 22.4 Å². The third-order valence-electron chi connectivity index (χ3n) is 3.24. The molecule has 1 aromatic rings. The summed E-state index contributed by atoms with van der Waals surface area (Å²) in [6.07, 6.45) is 1.06. The van der Waals surface area contributed by atoms with Gasteiger partial charge in [-0.05, 0) is 24.6 Å². The lowest BCUT2D eigenvalue weighted by Crippen LogP contribution is -2.16. The topological polar surface area (TPSA) is 26.3 Å². The van der Waals surface area contributed by atoms with Crippen LogP contribution in [0.15, 0.2) is 18.2 Å². The van der Waals surface area contributed by atoms with E-state index < -0.39 is 29.1 Å². The van der Waals surface area contributed by atoms with Gasteiger partial charge in [0, 0.05) is 0 Å². The number of hydrogen-bond acceptors (Lipinski definition) is 2. The number of benzene rings is 1. The van der Waals surface area contributed by atoms with Crippen molar-refractivity contribution in [1.82, 2.24) is 0 Å². The third-order valence-corrected chi connectivity index (χ3v) is 3.24. The van der Waals surface area contributed by atoms with E-state index in [1.807, 2.05) is 0 Å². The molecule has 2 nitrogen and oxygen atoms in total. The summed E-state index contributed by atoms with van der Waals surface area (Å²) in [6.45, 7) is 2.14. The quantitative estimate of drug-likeness (QED) is 0.366. The first-order valence-electron chi connectivity index (χ1n) is 7.40. The lowest BCUT2D eigenvalue weighted by molar-refractivity contribution is -0.138. The zero-order valence-electron chi connectivity index (χ0n) is 12.5. The Balaban J connectivity index is 2.53. The molecule has 0 bridgehead atoms. The van der Waals surface area contributed by atoms with Gasteiger partial charge in [-0.15, -0.1) is 0 Å². The van der Waals surface area contributed by atoms with Gasteiger partial charge in [-0.1, -0.05) is 39.0 Å². The highest BCUT2D eigenvalue weighted by atomic mass is 19.4. The second kappa shape index (κ2) is 8.76. The minimum absolute atomic E-state index is 0.0404. The van der Waals surface area contributed by atoms with Gasteiger partial charge in [-0.2, -0.15) is 13.2 Å². The number of unbranched alkanes of at least 4 members (excludes halogenated alkanes) is 5. The Labute approximate surface area is 127 Å². The Kier molecular flexibility index (Phi) is 7.35. The number of carbonyl (C=O) groups excluding carboxylic acids is 1. The van der Waals surface area contributed by atoms with Crippen molar-refractivity contribution in [1.29, 1.82) is 0 Å². The molecule has 0 aliphatic heterocycles. The summed E-state index contributed by atoms with van der Waals surface area (Å²) in [4.78, 5) is 11.7. The van der Waals surface area contributed by atoms with Crippen LogP contribution >= 0.6 is 0 Å². The second-order valence-electron chi connectivity index (χ2n) is 5.09. The summed E-state index contributed by atoms with van der Waals surface area (Å²) in [5.74, 6) is -2.04. The molecule has 0 radical (unpaired) electrons. The molecule has 0 saturated carbocycles. The summed E-state index contributed by atoms with van der Waals surface area (Å²) in [6, 6.07) is 1.79. The largest absolute Gasteiger partial charge is 0.462 e. The first-order valence-corrected chi connectivity index (χ1v) is 7.40. The maximum atomic E-state index is 13.1. The van der Waals surface area contributed by atoms with Crippen molar-refractivity contribution in [3.05, 3.63) is 35.1 Å². The van der Waals surface area contributed by atoms with Gasteiger partial charge >= 0.3 is 12.1 Å². The molecule has 124 valence electrons. The predicted molar refractivity (Wildman–Crippen MR) is 75.1 cm³/mol. The third kappa shape index (κ3) is 6.03. The van der Waals surface area contributed by atoms with Crippen LogP contribution in [0.4, 0.5) is 17.6 Å². The number of hydrogen-bond donors (Lipinski definition) is 0. The van der Waals surface area contributed by atoms with Gasteiger partial charge in [-0.3, -0.25) is 0 Å². The van der Waals surface area contributed by atoms with Crippen LogP contribution < -0.4 is 0 Å². The highest BCUT2D eigenvalue weighted by molar-refractivity contribution is 5.91. The Morgan fingerprint density at radius 2 is 1.73 bits per heavy atom. The normalized spacial score (nSPS) is 11.5. The molecule has 0 heterocycles. The zero-order chi connectivity index (χ0) is 16.6. The van der Waals surface area contributed by atoms with Crippen LogP contribution in [0, 0.1) is 5.82 Å². The predicted octanol–water partition coefficient (Wildman–Crippen LogP) is 5.36. The van der Waals surface area contributed by atoms with Crippen LogP contribution in [-0.4, -0.2) is 12.6 Å². The fourth-order valence-electron chi connectivity index (χ4n) is 2.06. The molecular formula is C16H20F4O2. The molecule has 22 heavy (non-hydrogen) atoms. The zero-order valence-corrected chi connectivity index (χ0v) is 12.5. The fraction of sp³-hybridized carbons (Fsp3) is 0.562. The molecule has 0 aliphatic carbocycles. The molecule has 0 atom stereocenters. The molecule has 1 aromatic carbocycles. The van der Waals surface area contributed by atoms with Gasteiger partial charge in [0.2, 0.25) is 0 Å². The Bertz CT molecular complexity index is 484. The van der Waals surface area contributed by atoms with Crippen LogP contribution in [0.1, 0.15) is 61.4 Å². The molecule has 6 heteroatoms. The van der Waals surface area contributed by atoms with E-state index in [1.165, 1.54) is 0 Å². The number of alkyl halides is 3. The molecule has 0 aromatic heterocycles. The van der Waals surface area contributed by atoms with E-state index in [0.29, 0.717) is 24.6 Å². The van der Waals surface area contributed by atoms with Crippen molar-refractivity contribution < 1.29 is 27.1 Å². The highest BCUT2D eigenvalue weighted by Crippen LogP contribution is 2.32. The molecule has 0 amide bonds. The maximum Gasteiger partial charge on any atom is 0.417 e. The van der Waals surface area contributed by atoms with Gasteiger partial charge in [-0.25, -0.2) is 9.18 Å². The molecule has 0 unspecified atom stereocenters. The van der Waals surface area contributed by atoms with E-state index in [1.54, 1.807) is 0 Å². The lowest BCUT2D eigenvalue weighted by atomic mass is 10.1. The number of halogens is 4. The maximum absolute atomic E-state index is 13.1. The van der Waals surface area contributed by atoms with Crippen LogP contribution in [0.3, 0.4) is 0 Å². The van der Waals surface area contributed by atoms with Gasteiger partial charge in [0.15, 0.2) is 0 Å². The average molecular weight is 320 g/mol. The number of carbonyl (C=O) groups is 1. The first-order chi connectivity index (χ1) is 10.4. The van der Waals surface area contributed by atoms with Crippen molar-refractivity contribution >= 4 is 5.97 Å². The van der Waals surface area contributed by atoms with Crippen molar-refractivity contribution in [3.63, 3.8) is 0 Å². The highest BCUT2D eigenvalue weighted by Gasteiger charge is 2.35. The SMILES string of the molecule is CCCCCCCCOC(=O)c1cc(F)ccc1C(F)(F)F. The summed E-state index contributed by atoms with van der Waals surface area (Å²) in [7, 11) is 0. The summed E-state index contributed by atoms with van der Waals surface area (Å²) >= 11 is 0. The lowest BCUT2D eigenvalue weighted by Gasteiger charge is -2.12. The number of rotatable bonds is 8. The monoisotopic (exact) mass is 320 g/mol. The van der Waals surface area contributed by atoms with Crippen LogP contribution in [-0.2, 0) is 10.9 Å². The fourth-order valence-corrected chi connectivity index (χ4v) is 2.06. The average Bonchev–Trinajstić information content (AvgIpc) is 2.44. The molecule has 1 rings (SSSR count). The summed E-state index contributed by atoms with van der Waals surface area (Å²) in [5.41, 5.74) is -1.96. The van der Waals surface area contributed by atoms with Gasteiger partial charge < -0.3 is 4.74 Å². The molecule has 0 N–H and O–H groups in total. The second-order valence-corrected chi connectivity index (χ2v) is 5.09. The Morgan fingerprint density at radius 1 is 1.09 bits per heavy atom. The molecular weight excluding hydrogens is 300 g/mol. The number of esters is 1. The van der Waals surface area contributed by atoms with Crippen molar-refractivity contribution in [3.8, 4) is 0 Å². The molecule has 0 spiro atoms. The van der Waals surface area contributed by atoms with Crippen LogP contribution in [0.25, 0.3) is 0 Å². The van der Waals surface area contributed by atoms with Crippen molar-refractivity contribution in [2.45, 2.75) is 51.6 Å². The van der Waals surface area contributed by atoms with E-state index in [2.05, 4.69) is 6.92 Å².